The van der Waals surface area contributed by atoms with Gasteiger partial charge in [0.05, 0.1) is 12.4 Å². The molecule has 2 rings (SSSR count). The molecule has 1 aromatic rings. The van der Waals surface area contributed by atoms with Gasteiger partial charge in [-0.1, -0.05) is 0 Å². The second-order valence-electron chi connectivity index (χ2n) is 4.13. The number of ether oxygens (including phenoxy) is 1. The van der Waals surface area contributed by atoms with Gasteiger partial charge in [0.25, 0.3) is 5.91 Å². The summed E-state index contributed by atoms with van der Waals surface area (Å²) in [6.07, 6.45) is 3.01. The molecule has 0 atom stereocenters. The van der Waals surface area contributed by atoms with Gasteiger partial charge in [-0.3, -0.25) is 9.52 Å². The van der Waals surface area contributed by atoms with E-state index >= 15 is 0 Å². The number of sulfonamides is 1. The Bertz CT molecular complexity index is 581. The molecule has 1 fully saturated rings. The van der Waals surface area contributed by atoms with Gasteiger partial charge in [-0.2, -0.15) is 0 Å². The van der Waals surface area contributed by atoms with Crippen LogP contribution in [0.2, 0.25) is 0 Å². The third-order valence-electron chi connectivity index (χ3n) is 2.17. The number of nitrogens with zero attached hydrogens (tertiary/aromatic N) is 1. The molecule has 0 saturated heterocycles. The summed E-state index contributed by atoms with van der Waals surface area (Å²) in [5.41, 5.74) is 5.09. The molecule has 0 bridgehead atoms. The molecule has 1 aliphatic carbocycles. The number of hydrogen-bond donors (Lipinski definition) is 2. The van der Waals surface area contributed by atoms with Gasteiger partial charge in [0, 0.05) is 12.1 Å². The predicted molar refractivity (Wildman–Crippen MR) is 64.9 cm³/mol. The van der Waals surface area contributed by atoms with Gasteiger partial charge >= 0.3 is 0 Å². The van der Waals surface area contributed by atoms with Gasteiger partial charge in [-0.25, -0.2) is 13.4 Å². The number of carbonyl (C=O) groups is 1. The fourth-order valence-electron chi connectivity index (χ4n) is 1.32. The zero-order chi connectivity index (χ0) is 13.3. The van der Waals surface area contributed by atoms with E-state index < -0.39 is 15.9 Å². The summed E-state index contributed by atoms with van der Waals surface area (Å²) < 4.78 is 29.9. The number of nitrogens with two attached hydrogens (primary N) is 1. The Kier molecular flexibility index (Phi) is 3.12. The van der Waals surface area contributed by atoms with Gasteiger partial charge in [0.15, 0.2) is 0 Å². The molecule has 0 radical (unpaired) electrons. The van der Waals surface area contributed by atoms with Crippen LogP contribution in [0.25, 0.3) is 0 Å². The van der Waals surface area contributed by atoms with E-state index in [0.717, 1.165) is 19.1 Å². The van der Waals surface area contributed by atoms with Crippen LogP contribution in [0.15, 0.2) is 12.1 Å². The summed E-state index contributed by atoms with van der Waals surface area (Å²) in [5, 5.41) is 0. The van der Waals surface area contributed by atoms with E-state index in [1.54, 1.807) is 0 Å². The number of hydrogen-bond acceptors (Lipinski definition) is 5. The molecule has 98 valence electrons. The fourth-order valence-corrected chi connectivity index (χ4v) is 1.80. The molecular weight excluding hydrogens is 258 g/mol. The number of nitrogens with one attached hydrogen (secondary N) is 1. The van der Waals surface area contributed by atoms with E-state index in [-0.39, 0.29) is 17.6 Å². The number of carbonyl (C=O) groups excluding carboxylic acids is 1. The first kappa shape index (κ1) is 12.6. The van der Waals surface area contributed by atoms with Crippen LogP contribution < -0.4 is 15.2 Å². The minimum absolute atomic E-state index is 0.0180. The molecule has 1 saturated carbocycles. The molecule has 1 aliphatic rings. The van der Waals surface area contributed by atoms with Crippen LogP contribution >= 0.6 is 0 Å². The molecule has 0 unspecified atom stereocenters. The van der Waals surface area contributed by atoms with Gasteiger partial charge in [0.2, 0.25) is 10.0 Å². The maximum absolute atomic E-state index is 11.1. The molecule has 0 aliphatic heterocycles. The Labute approximate surface area is 104 Å². The van der Waals surface area contributed by atoms with Crippen molar-refractivity contribution >= 4 is 21.7 Å². The Morgan fingerprint density at radius 1 is 1.50 bits per heavy atom. The van der Waals surface area contributed by atoms with Crippen molar-refractivity contribution < 1.29 is 17.9 Å². The molecule has 1 aromatic heterocycles. The standard InChI is InChI=1S/C10H13N3O4S/c1-18(15,16)13-9-5-7(17-6-2-3-6)4-8(12-9)10(11)14/h4-6H,2-3H2,1H3,(H2,11,14)(H,12,13). The lowest BCUT2D eigenvalue weighted by Crippen LogP contribution is -2.17. The van der Waals surface area contributed by atoms with Crippen LogP contribution in [0.5, 0.6) is 5.75 Å². The molecule has 0 spiro atoms. The molecular formula is C10H13N3O4S. The lowest BCUT2D eigenvalue weighted by Gasteiger charge is -2.09. The van der Waals surface area contributed by atoms with Crippen LogP contribution in [-0.4, -0.2) is 31.7 Å². The minimum Gasteiger partial charge on any atom is -0.490 e. The number of rotatable bonds is 5. The quantitative estimate of drug-likeness (QED) is 0.788. The highest BCUT2D eigenvalue weighted by Crippen LogP contribution is 2.28. The number of amides is 1. The summed E-state index contributed by atoms with van der Waals surface area (Å²) in [4.78, 5) is 14.9. The van der Waals surface area contributed by atoms with E-state index in [0.29, 0.717) is 5.75 Å². The highest BCUT2D eigenvalue weighted by molar-refractivity contribution is 7.92. The molecule has 8 heteroatoms. The number of primary amides is 1. The van der Waals surface area contributed by atoms with Crippen molar-refractivity contribution in [3.8, 4) is 5.75 Å². The first-order valence-electron chi connectivity index (χ1n) is 5.30. The Hall–Kier alpha value is -1.83. The largest absolute Gasteiger partial charge is 0.490 e. The smallest absolute Gasteiger partial charge is 0.267 e. The highest BCUT2D eigenvalue weighted by atomic mass is 32.2. The summed E-state index contributed by atoms with van der Waals surface area (Å²) in [5.74, 6) is -0.343. The Morgan fingerprint density at radius 3 is 2.67 bits per heavy atom. The van der Waals surface area contributed by atoms with Gasteiger partial charge in [-0.15, -0.1) is 0 Å². The monoisotopic (exact) mass is 271 g/mol. The first-order chi connectivity index (χ1) is 8.33. The first-order valence-corrected chi connectivity index (χ1v) is 7.19. The van der Waals surface area contributed by atoms with Crippen LogP contribution in [0.3, 0.4) is 0 Å². The van der Waals surface area contributed by atoms with Gasteiger partial charge in [0.1, 0.15) is 17.3 Å². The highest BCUT2D eigenvalue weighted by Gasteiger charge is 2.24. The molecule has 0 aromatic carbocycles. The van der Waals surface area contributed by atoms with Crippen molar-refractivity contribution in [1.82, 2.24) is 4.98 Å². The molecule has 3 N–H and O–H groups in total. The SMILES string of the molecule is CS(=O)(=O)Nc1cc(OC2CC2)cc(C(N)=O)n1. The average molecular weight is 271 g/mol. The van der Waals surface area contributed by atoms with E-state index in [1.165, 1.54) is 12.1 Å². The maximum atomic E-state index is 11.1. The second kappa shape index (κ2) is 4.45. The zero-order valence-corrected chi connectivity index (χ0v) is 10.5. The van der Waals surface area contributed by atoms with Crippen molar-refractivity contribution in [2.45, 2.75) is 18.9 Å². The molecule has 1 amide bonds. The van der Waals surface area contributed by atoms with Crippen molar-refractivity contribution in [2.75, 3.05) is 11.0 Å². The van der Waals surface area contributed by atoms with Crippen LogP contribution in [0.1, 0.15) is 23.3 Å². The molecule has 18 heavy (non-hydrogen) atoms. The average Bonchev–Trinajstić information content (AvgIpc) is 2.98. The summed E-state index contributed by atoms with van der Waals surface area (Å²) in [6.45, 7) is 0. The molecule has 1 heterocycles. The normalized spacial score (nSPS) is 15.2. The van der Waals surface area contributed by atoms with Crippen LogP contribution in [-0.2, 0) is 10.0 Å². The fraction of sp³-hybridized carbons (Fsp3) is 0.400. The number of aromatic nitrogens is 1. The van der Waals surface area contributed by atoms with Crippen LogP contribution in [0, 0.1) is 0 Å². The lowest BCUT2D eigenvalue weighted by atomic mass is 10.3. The van der Waals surface area contributed by atoms with Crippen molar-refractivity contribution in [3.63, 3.8) is 0 Å². The number of anilines is 1. The van der Waals surface area contributed by atoms with E-state index in [4.69, 9.17) is 10.5 Å². The summed E-state index contributed by atoms with van der Waals surface area (Å²) in [7, 11) is -3.47. The third kappa shape index (κ3) is 3.59. The summed E-state index contributed by atoms with van der Waals surface area (Å²) in [6, 6.07) is 2.82. The van der Waals surface area contributed by atoms with Crippen molar-refractivity contribution in [3.05, 3.63) is 17.8 Å². The van der Waals surface area contributed by atoms with Gasteiger partial charge in [-0.05, 0) is 12.8 Å². The summed E-state index contributed by atoms with van der Waals surface area (Å²) >= 11 is 0. The minimum atomic E-state index is -3.47. The lowest BCUT2D eigenvalue weighted by molar-refractivity contribution is 0.0995. The zero-order valence-electron chi connectivity index (χ0n) is 9.71. The Balaban J connectivity index is 2.32. The topological polar surface area (TPSA) is 111 Å². The Morgan fingerprint density at radius 2 is 2.17 bits per heavy atom. The van der Waals surface area contributed by atoms with Crippen molar-refractivity contribution in [2.24, 2.45) is 5.73 Å². The number of pyridine rings is 1. The predicted octanol–water partition coefficient (Wildman–Crippen LogP) is 0.0932. The second-order valence-corrected chi connectivity index (χ2v) is 5.88. The van der Waals surface area contributed by atoms with E-state index in [2.05, 4.69) is 9.71 Å². The van der Waals surface area contributed by atoms with Crippen LogP contribution in [0.4, 0.5) is 5.82 Å². The maximum Gasteiger partial charge on any atom is 0.267 e. The molecule has 7 nitrogen and oxygen atoms in total. The van der Waals surface area contributed by atoms with Gasteiger partial charge < -0.3 is 10.5 Å². The van der Waals surface area contributed by atoms with Crippen molar-refractivity contribution in [1.29, 1.82) is 0 Å². The third-order valence-corrected chi connectivity index (χ3v) is 2.75. The van der Waals surface area contributed by atoms with E-state index in [1.807, 2.05) is 0 Å². The van der Waals surface area contributed by atoms with E-state index in [9.17, 15) is 13.2 Å².